The molecule has 0 bridgehead atoms. The molecule has 6 N–H and O–H groups in total. The van der Waals surface area contributed by atoms with Gasteiger partial charge in [-0.2, -0.15) is 0 Å². The van der Waals surface area contributed by atoms with Gasteiger partial charge in [0.25, 0.3) is 11.8 Å². The van der Waals surface area contributed by atoms with Gasteiger partial charge in [-0.3, -0.25) is 19.3 Å². The second kappa shape index (κ2) is 10.1. The third kappa shape index (κ3) is 3.62. The van der Waals surface area contributed by atoms with E-state index in [1.807, 2.05) is 12.3 Å². The molecule has 3 aromatic heterocycles. The summed E-state index contributed by atoms with van der Waals surface area (Å²) in [7, 11) is 2.79. The van der Waals surface area contributed by atoms with Gasteiger partial charge < -0.3 is 45.2 Å². The Bertz CT molecular complexity index is 2580. The Balaban J connectivity index is 1.03. The van der Waals surface area contributed by atoms with Crippen LogP contribution in [0.1, 0.15) is 59.3 Å². The van der Waals surface area contributed by atoms with Crippen molar-refractivity contribution in [1.29, 1.82) is 0 Å². The van der Waals surface area contributed by atoms with Crippen molar-refractivity contribution in [3.05, 3.63) is 67.8 Å². The summed E-state index contributed by atoms with van der Waals surface area (Å²) >= 11 is 1.47. The van der Waals surface area contributed by atoms with Gasteiger partial charge in [0.15, 0.2) is 28.8 Å². The third-order valence-electron chi connectivity index (χ3n) is 11.7. The number of ether oxygens (including phenoxy) is 2. The number of primary amides is 1. The minimum absolute atomic E-state index is 0.0685. The molecular formula is C37H32N6O8S. The lowest BCUT2D eigenvalue weighted by Gasteiger charge is -2.28. The minimum Gasteiger partial charge on any atom is -0.503 e. The van der Waals surface area contributed by atoms with Crippen molar-refractivity contribution < 1.29 is 38.9 Å². The number of urea groups is 1. The van der Waals surface area contributed by atoms with E-state index in [0.717, 1.165) is 28.1 Å². The molecule has 4 amide bonds. The second-order valence-electron chi connectivity index (χ2n) is 14.1. The zero-order valence-electron chi connectivity index (χ0n) is 28.3. The lowest BCUT2D eigenvalue weighted by molar-refractivity contribution is 0.0806. The number of ketones is 1. The molecule has 0 unspecified atom stereocenters. The average molecular weight is 721 g/mol. The van der Waals surface area contributed by atoms with Crippen LogP contribution < -0.4 is 25.0 Å². The Hall–Kier alpha value is -5.96. The number of carbonyl (C=O) groups is 4. The summed E-state index contributed by atoms with van der Waals surface area (Å²) in [6.07, 6.45) is 3.34. The van der Waals surface area contributed by atoms with Crippen LogP contribution in [0.15, 0.2) is 29.3 Å². The fraction of sp³-hybridized carbons (Fsp3) is 0.297. The maximum absolute atomic E-state index is 14.3. The van der Waals surface area contributed by atoms with E-state index in [2.05, 4.69) is 9.97 Å². The van der Waals surface area contributed by atoms with Crippen molar-refractivity contribution in [2.24, 2.45) is 11.7 Å². The zero-order valence-corrected chi connectivity index (χ0v) is 29.1. The SMILES string of the molecule is COc1c(O)c2c(c3cc(C(=O)N4CCc5c4c(O)c(OC)c4[nH]c(C(=O)N6C[C@H]7C[C@@]78C6=CC(=O)c6scc(C)c68)cc54)[nH]c13)CCN2C(N)=O. The van der Waals surface area contributed by atoms with Gasteiger partial charge >= 0.3 is 6.03 Å². The normalized spacial score (nSPS) is 20.9. The van der Waals surface area contributed by atoms with Crippen molar-refractivity contribution >= 4 is 68.1 Å². The van der Waals surface area contributed by atoms with E-state index in [-0.39, 0.29) is 81.9 Å². The van der Waals surface area contributed by atoms with Crippen LogP contribution in [0, 0.1) is 12.8 Å². The molecule has 1 saturated carbocycles. The Morgan fingerprint density at radius 1 is 0.904 bits per heavy atom. The number of H-pyrrole nitrogens is 2. The standard InChI is InChI=1S/C37H32N6O8S/c1-14-13-52-33-22(44)10-23-37(24(14)33)11-15(37)12-43(23)35(48)21-9-18-16-4-6-41(27(16)29(45)31(50-2)25(18)40-21)34(47)20-8-19-17-5-7-42(36(38)49)28(17)30(46)32(51-3)26(19)39-20/h8-10,13,15,39-40,45-46H,4-7,11-12H2,1-3H3,(H2,38,49)/t15-,37+/m1/s1. The van der Waals surface area contributed by atoms with E-state index in [0.29, 0.717) is 52.3 Å². The number of aromatic amines is 2. The number of anilines is 2. The van der Waals surface area contributed by atoms with Crippen LogP contribution in [0.2, 0.25) is 0 Å². The third-order valence-corrected chi connectivity index (χ3v) is 12.8. The summed E-state index contributed by atoms with van der Waals surface area (Å²) in [5.74, 6) is -0.906. The van der Waals surface area contributed by atoms with Crippen molar-refractivity contribution in [2.75, 3.05) is 43.7 Å². The molecule has 2 aliphatic carbocycles. The molecule has 2 fully saturated rings. The van der Waals surface area contributed by atoms with Crippen LogP contribution in [0.3, 0.4) is 0 Å². The van der Waals surface area contributed by atoms with E-state index in [4.69, 9.17) is 15.2 Å². The number of methoxy groups -OCH3 is 2. The molecule has 264 valence electrons. The van der Waals surface area contributed by atoms with E-state index < -0.39 is 11.9 Å². The summed E-state index contributed by atoms with van der Waals surface area (Å²) in [6.45, 7) is 3.03. The number of aromatic hydroxyl groups is 2. The molecule has 15 heteroatoms. The zero-order chi connectivity index (χ0) is 36.1. The van der Waals surface area contributed by atoms with E-state index in [1.165, 1.54) is 35.4 Å². The van der Waals surface area contributed by atoms with Gasteiger partial charge in [-0.1, -0.05) is 0 Å². The average Bonchev–Trinajstić information content (AvgIpc) is 3.85. The van der Waals surface area contributed by atoms with Crippen molar-refractivity contribution in [2.45, 2.75) is 31.6 Å². The molecule has 1 spiro atoms. The number of likely N-dealkylation sites (tertiary alicyclic amines) is 1. The van der Waals surface area contributed by atoms with Gasteiger partial charge in [0.05, 0.1) is 41.5 Å². The van der Waals surface area contributed by atoms with Crippen molar-refractivity contribution in [1.82, 2.24) is 14.9 Å². The molecule has 0 radical (unpaired) electrons. The van der Waals surface area contributed by atoms with Gasteiger partial charge in [0.1, 0.15) is 11.4 Å². The lowest BCUT2D eigenvalue weighted by Crippen LogP contribution is -2.34. The van der Waals surface area contributed by atoms with E-state index in [1.54, 1.807) is 23.1 Å². The van der Waals surface area contributed by atoms with Crippen LogP contribution in [-0.4, -0.2) is 82.6 Å². The number of benzene rings is 2. The number of rotatable bonds is 4. The monoisotopic (exact) mass is 720 g/mol. The largest absolute Gasteiger partial charge is 0.503 e. The highest BCUT2D eigenvalue weighted by Gasteiger charge is 2.68. The highest BCUT2D eigenvalue weighted by molar-refractivity contribution is 7.12. The number of fused-ring (bicyclic) bond motifs is 7. The first-order chi connectivity index (χ1) is 25.0. The first kappa shape index (κ1) is 30.8. The molecular weight excluding hydrogens is 689 g/mol. The molecule has 14 nitrogen and oxygen atoms in total. The van der Waals surface area contributed by atoms with E-state index in [9.17, 15) is 29.4 Å². The number of nitrogens with one attached hydrogen (secondary N) is 2. The smallest absolute Gasteiger partial charge is 0.319 e. The van der Waals surface area contributed by atoms with Crippen LogP contribution in [-0.2, 0) is 18.3 Å². The number of thiophene rings is 1. The quantitative estimate of drug-likeness (QED) is 0.178. The minimum atomic E-state index is -0.713. The number of hydrogen-bond donors (Lipinski definition) is 5. The lowest BCUT2D eigenvalue weighted by atomic mass is 9.84. The number of allylic oxidation sites excluding steroid dienone is 2. The molecule has 52 heavy (non-hydrogen) atoms. The first-order valence-electron chi connectivity index (χ1n) is 16.9. The summed E-state index contributed by atoms with van der Waals surface area (Å²) in [4.78, 5) is 65.3. The summed E-state index contributed by atoms with van der Waals surface area (Å²) < 4.78 is 11.2. The number of piperidine rings is 1. The topological polar surface area (TPSA) is 195 Å². The predicted molar refractivity (Wildman–Crippen MR) is 191 cm³/mol. The summed E-state index contributed by atoms with van der Waals surface area (Å²) in [5.41, 5.74) is 11.3. The highest BCUT2D eigenvalue weighted by atomic mass is 32.1. The molecule has 6 heterocycles. The number of carbonyl (C=O) groups excluding carboxylic acids is 4. The van der Waals surface area contributed by atoms with Crippen LogP contribution in [0.25, 0.3) is 21.8 Å². The summed E-state index contributed by atoms with van der Waals surface area (Å²) in [5, 5.41) is 25.9. The Labute approximate surface area is 299 Å². The van der Waals surface area contributed by atoms with Gasteiger partial charge in [0.2, 0.25) is 0 Å². The van der Waals surface area contributed by atoms with Crippen LogP contribution in [0.5, 0.6) is 23.0 Å². The number of phenolic OH excluding ortho intramolecular Hbond substituents is 2. The molecule has 1 saturated heterocycles. The van der Waals surface area contributed by atoms with E-state index >= 15 is 0 Å². The molecule has 3 aliphatic heterocycles. The van der Waals surface area contributed by atoms with Crippen LogP contribution >= 0.6 is 11.3 Å². The maximum atomic E-state index is 14.3. The fourth-order valence-electron chi connectivity index (χ4n) is 9.46. The number of amides is 4. The second-order valence-corrected chi connectivity index (χ2v) is 15.0. The number of phenols is 2. The number of aryl methyl sites for hydroxylation is 1. The summed E-state index contributed by atoms with van der Waals surface area (Å²) in [6, 6.07) is 2.68. The van der Waals surface area contributed by atoms with Crippen molar-refractivity contribution in [3.8, 4) is 23.0 Å². The maximum Gasteiger partial charge on any atom is 0.319 e. The Kier molecular flexibility index (Phi) is 5.98. The van der Waals surface area contributed by atoms with Gasteiger partial charge in [-0.25, -0.2) is 4.79 Å². The molecule has 5 aliphatic rings. The van der Waals surface area contributed by atoms with Gasteiger partial charge in [0, 0.05) is 47.6 Å². The van der Waals surface area contributed by atoms with Gasteiger partial charge in [-0.15, -0.1) is 11.3 Å². The molecule has 2 aromatic carbocycles. The Morgan fingerprint density at radius 2 is 1.46 bits per heavy atom. The predicted octanol–water partition coefficient (Wildman–Crippen LogP) is 4.59. The van der Waals surface area contributed by atoms with Crippen LogP contribution in [0.4, 0.5) is 16.2 Å². The highest BCUT2D eigenvalue weighted by Crippen LogP contribution is 2.68. The molecule has 5 aromatic rings. The molecule has 10 rings (SSSR count). The Morgan fingerprint density at radius 3 is 2.04 bits per heavy atom. The molecule has 2 atom stereocenters. The van der Waals surface area contributed by atoms with Gasteiger partial charge in [-0.05, 0) is 71.9 Å². The number of nitrogens with two attached hydrogens (primary N) is 1. The van der Waals surface area contributed by atoms with Crippen molar-refractivity contribution in [3.63, 3.8) is 0 Å². The fourth-order valence-corrected chi connectivity index (χ4v) is 10.5. The first-order valence-corrected chi connectivity index (χ1v) is 17.8. The number of hydrogen-bond acceptors (Lipinski definition) is 9. The number of nitrogens with zero attached hydrogens (tertiary/aromatic N) is 3. The number of aromatic nitrogens is 2.